The molecule has 0 spiro atoms. The number of aryl methyl sites for hydroxylation is 2. The minimum atomic E-state index is 0.187. The Hall–Kier alpha value is -2.04. The summed E-state index contributed by atoms with van der Waals surface area (Å²) in [6, 6.07) is 2.20. The van der Waals surface area contributed by atoms with Crippen LogP contribution in [0.15, 0.2) is 18.5 Å². The highest BCUT2D eigenvalue weighted by Crippen LogP contribution is 2.29. The van der Waals surface area contributed by atoms with Crippen LogP contribution in [0.1, 0.15) is 29.9 Å². The summed E-state index contributed by atoms with van der Waals surface area (Å²) in [6.45, 7) is 6.31. The fourth-order valence-electron chi connectivity index (χ4n) is 2.61. The van der Waals surface area contributed by atoms with Gasteiger partial charge in [0.1, 0.15) is 0 Å². The van der Waals surface area contributed by atoms with E-state index in [1.54, 1.807) is 0 Å². The second-order valence-corrected chi connectivity index (χ2v) is 5.36. The van der Waals surface area contributed by atoms with Gasteiger partial charge in [-0.05, 0) is 26.8 Å². The van der Waals surface area contributed by atoms with E-state index in [-0.39, 0.29) is 6.04 Å². The van der Waals surface area contributed by atoms with E-state index in [9.17, 15) is 0 Å². The van der Waals surface area contributed by atoms with Crippen molar-refractivity contribution < 1.29 is 0 Å². The molecule has 1 N–H and O–H groups in total. The van der Waals surface area contributed by atoms with Crippen LogP contribution in [0.2, 0.25) is 0 Å². The highest BCUT2D eigenvalue weighted by molar-refractivity contribution is 5.68. The number of nitrogens with one attached hydrogen (secondary N) is 1. The number of aromatic nitrogens is 3. The second kappa shape index (κ2) is 5.53. The summed E-state index contributed by atoms with van der Waals surface area (Å²) < 4.78 is 1.93. The van der Waals surface area contributed by atoms with E-state index in [1.807, 2.05) is 44.3 Å². The van der Waals surface area contributed by atoms with E-state index in [0.717, 1.165) is 17.1 Å². The van der Waals surface area contributed by atoms with Crippen molar-refractivity contribution in [2.45, 2.75) is 26.8 Å². The molecular weight excluding hydrogens is 250 g/mol. The Morgan fingerprint density at radius 1 is 1.30 bits per heavy atom. The van der Waals surface area contributed by atoms with Gasteiger partial charge in [0.15, 0.2) is 0 Å². The fourth-order valence-corrected chi connectivity index (χ4v) is 2.61. The van der Waals surface area contributed by atoms with Crippen LogP contribution in [0.5, 0.6) is 0 Å². The molecule has 0 saturated carbocycles. The fraction of sp³-hybridized carbons (Fsp3) is 0.467. The molecule has 1 atom stereocenters. The summed E-state index contributed by atoms with van der Waals surface area (Å²) in [7, 11) is 6.05. The molecule has 20 heavy (non-hydrogen) atoms. The maximum absolute atomic E-state index is 4.48. The lowest BCUT2D eigenvalue weighted by Gasteiger charge is -2.21. The van der Waals surface area contributed by atoms with E-state index in [1.165, 1.54) is 11.3 Å². The Morgan fingerprint density at radius 3 is 2.55 bits per heavy atom. The van der Waals surface area contributed by atoms with E-state index >= 15 is 0 Å². The van der Waals surface area contributed by atoms with Gasteiger partial charge in [0.05, 0.1) is 29.3 Å². The minimum absolute atomic E-state index is 0.187. The zero-order valence-electron chi connectivity index (χ0n) is 13.1. The van der Waals surface area contributed by atoms with Crippen LogP contribution in [-0.2, 0) is 7.05 Å². The summed E-state index contributed by atoms with van der Waals surface area (Å²) in [4.78, 5) is 6.30. The molecule has 2 aromatic heterocycles. The topological polar surface area (TPSA) is 46.0 Å². The van der Waals surface area contributed by atoms with Gasteiger partial charge in [-0.15, -0.1) is 0 Å². The number of hydrogen-bond donors (Lipinski definition) is 1. The third kappa shape index (κ3) is 2.61. The van der Waals surface area contributed by atoms with E-state index in [2.05, 4.69) is 41.1 Å². The third-order valence-electron chi connectivity index (χ3n) is 3.65. The lowest BCUT2D eigenvalue weighted by Crippen LogP contribution is -2.15. The van der Waals surface area contributed by atoms with Crippen LogP contribution in [-0.4, -0.2) is 28.9 Å². The summed E-state index contributed by atoms with van der Waals surface area (Å²) in [5.41, 5.74) is 5.68. The smallest absolute Gasteiger partial charge is 0.0768 e. The van der Waals surface area contributed by atoms with Gasteiger partial charge >= 0.3 is 0 Å². The Labute approximate surface area is 120 Å². The maximum atomic E-state index is 4.48. The standard InChI is InChI=1S/C15H23N5/c1-10(15-11(2)18-20(6)12(15)3)17-13-9-16-8-7-14(13)19(4)5/h7-10,17H,1-6H3. The van der Waals surface area contributed by atoms with E-state index in [0.29, 0.717) is 0 Å². The predicted molar refractivity (Wildman–Crippen MR) is 83.3 cm³/mol. The van der Waals surface area contributed by atoms with Crippen molar-refractivity contribution in [1.82, 2.24) is 14.8 Å². The van der Waals surface area contributed by atoms with Crippen molar-refractivity contribution in [3.8, 4) is 0 Å². The molecule has 2 heterocycles. The molecule has 2 aromatic rings. The summed E-state index contributed by atoms with van der Waals surface area (Å²) in [6.07, 6.45) is 3.68. The first kappa shape index (κ1) is 14.4. The number of nitrogens with zero attached hydrogens (tertiary/aromatic N) is 4. The minimum Gasteiger partial charge on any atom is -0.376 e. The second-order valence-electron chi connectivity index (χ2n) is 5.36. The van der Waals surface area contributed by atoms with Crippen LogP contribution >= 0.6 is 0 Å². The van der Waals surface area contributed by atoms with Crippen LogP contribution in [0, 0.1) is 13.8 Å². The largest absolute Gasteiger partial charge is 0.376 e. The molecule has 1 unspecified atom stereocenters. The van der Waals surface area contributed by atoms with Gasteiger partial charge in [0, 0.05) is 38.6 Å². The molecule has 0 radical (unpaired) electrons. The van der Waals surface area contributed by atoms with Crippen molar-refractivity contribution >= 4 is 11.4 Å². The molecule has 0 bridgehead atoms. The molecule has 2 rings (SSSR count). The van der Waals surface area contributed by atoms with Crippen LogP contribution in [0.4, 0.5) is 11.4 Å². The van der Waals surface area contributed by atoms with Crippen molar-refractivity contribution in [1.29, 1.82) is 0 Å². The van der Waals surface area contributed by atoms with Crippen molar-refractivity contribution in [2.75, 3.05) is 24.3 Å². The quantitative estimate of drug-likeness (QED) is 0.930. The normalized spacial score (nSPS) is 12.3. The molecule has 0 aliphatic rings. The molecular formula is C15H23N5. The molecule has 0 fully saturated rings. The first-order chi connectivity index (χ1) is 9.41. The van der Waals surface area contributed by atoms with Crippen molar-refractivity contribution in [3.05, 3.63) is 35.4 Å². The summed E-state index contributed by atoms with van der Waals surface area (Å²) in [5.74, 6) is 0. The Balaban J connectivity index is 2.30. The Morgan fingerprint density at radius 2 is 2.00 bits per heavy atom. The van der Waals surface area contributed by atoms with Crippen molar-refractivity contribution in [3.63, 3.8) is 0 Å². The van der Waals surface area contributed by atoms with E-state index in [4.69, 9.17) is 0 Å². The van der Waals surface area contributed by atoms with Gasteiger partial charge in [0.25, 0.3) is 0 Å². The van der Waals surface area contributed by atoms with Gasteiger partial charge in [-0.3, -0.25) is 9.67 Å². The zero-order chi connectivity index (χ0) is 14.9. The van der Waals surface area contributed by atoms with Gasteiger partial charge in [-0.2, -0.15) is 5.10 Å². The Bertz CT molecular complexity index is 600. The molecule has 0 amide bonds. The Kier molecular flexibility index (Phi) is 3.97. The average Bonchev–Trinajstić information content (AvgIpc) is 2.63. The molecule has 0 aliphatic carbocycles. The molecule has 0 saturated heterocycles. The first-order valence-electron chi connectivity index (χ1n) is 6.79. The highest BCUT2D eigenvalue weighted by Gasteiger charge is 2.17. The average molecular weight is 273 g/mol. The molecule has 5 nitrogen and oxygen atoms in total. The first-order valence-corrected chi connectivity index (χ1v) is 6.79. The van der Waals surface area contributed by atoms with Gasteiger partial charge in [0.2, 0.25) is 0 Å². The summed E-state index contributed by atoms with van der Waals surface area (Å²) in [5, 5.41) is 8.03. The predicted octanol–water partition coefficient (Wildman–Crippen LogP) is 2.67. The molecule has 0 aromatic carbocycles. The lowest BCUT2D eigenvalue weighted by atomic mass is 10.1. The van der Waals surface area contributed by atoms with Crippen molar-refractivity contribution in [2.24, 2.45) is 7.05 Å². The lowest BCUT2D eigenvalue weighted by molar-refractivity contribution is 0.728. The van der Waals surface area contributed by atoms with Gasteiger partial charge < -0.3 is 10.2 Å². The number of pyridine rings is 1. The molecule has 5 heteroatoms. The molecule has 108 valence electrons. The summed E-state index contributed by atoms with van der Waals surface area (Å²) >= 11 is 0. The highest BCUT2D eigenvalue weighted by atomic mass is 15.3. The SMILES string of the molecule is Cc1nn(C)c(C)c1C(C)Nc1cnccc1N(C)C. The van der Waals surface area contributed by atoms with E-state index < -0.39 is 0 Å². The van der Waals surface area contributed by atoms with Gasteiger partial charge in [-0.25, -0.2) is 0 Å². The molecule has 0 aliphatic heterocycles. The van der Waals surface area contributed by atoms with Crippen LogP contribution < -0.4 is 10.2 Å². The van der Waals surface area contributed by atoms with Gasteiger partial charge in [-0.1, -0.05) is 0 Å². The number of anilines is 2. The number of rotatable bonds is 4. The monoisotopic (exact) mass is 273 g/mol. The zero-order valence-corrected chi connectivity index (χ0v) is 13.1. The number of hydrogen-bond acceptors (Lipinski definition) is 4. The van der Waals surface area contributed by atoms with Crippen LogP contribution in [0.3, 0.4) is 0 Å². The van der Waals surface area contributed by atoms with Crippen LogP contribution in [0.25, 0.3) is 0 Å². The maximum Gasteiger partial charge on any atom is 0.0768 e. The third-order valence-corrected chi connectivity index (χ3v) is 3.65.